The largest absolute Gasteiger partial charge is 0.420 e. The van der Waals surface area contributed by atoms with Gasteiger partial charge in [-0.2, -0.15) is 0 Å². The number of hydrogen-bond acceptors (Lipinski definition) is 3. The molecule has 0 aromatic heterocycles. The van der Waals surface area contributed by atoms with Crippen LogP contribution in [0.2, 0.25) is 0 Å². The van der Waals surface area contributed by atoms with E-state index in [0.717, 1.165) is 5.57 Å². The maximum Gasteiger partial charge on any atom is 0.308 e. The van der Waals surface area contributed by atoms with E-state index in [-0.39, 0.29) is 12.6 Å². The predicted molar refractivity (Wildman–Crippen MR) is 45.5 cm³/mol. The number of rotatable bonds is 3. The van der Waals surface area contributed by atoms with Crippen molar-refractivity contribution < 1.29 is 14.3 Å². The molecule has 0 radical (unpaired) electrons. The first-order chi connectivity index (χ1) is 5.56. The van der Waals surface area contributed by atoms with E-state index in [2.05, 4.69) is 5.73 Å². The molecule has 0 aliphatic rings. The number of esters is 1. The second-order valence-electron chi connectivity index (χ2n) is 2.57. The third-order valence-electron chi connectivity index (χ3n) is 0.932. The Balaban J connectivity index is 4.44. The van der Waals surface area contributed by atoms with E-state index in [4.69, 9.17) is 9.47 Å². The van der Waals surface area contributed by atoms with Crippen LogP contribution in [0.4, 0.5) is 0 Å². The van der Waals surface area contributed by atoms with Crippen molar-refractivity contribution >= 4 is 5.97 Å². The Hall–Kier alpha value is -1.05. The summed E-state index contributed by atoms with van der Waals surface area (Å²) < 4.78 is 9.64. The zero-order chi connectivity index (χ0) is 9.56. The molecule has 0 rings (SSSR count). The normalized spacial score (nSPS) is 8.67. The molecule has 0 fully saturated rings. The lowest BCUT2D eigenvalue weighted by Crippen LogP contribution is -2.03. The smallest absolute Gasteiger partial charge is 0.308 e. The summed E-state index contributed by atoms with van der Waals surface area (Å²) in [6.07, 6.45) is 0. The molecule has 0 amide bonds. The van der Waals surface area contributed by atoms with Crippen LogP contribution >= 0.6 is 0 Å². The topological polar surface area (TPSA) is 35.5 Å². The first kappa shape index (κ1) is 11.0. The monoisotopic (exact) mass is 170 g/mol. The first-order valence-corrected chi connectivity index (χ1v) is 3.66. The van der Waals surface area contributed by atoms with Crippen molar-refractivity contribution in [3.05, 3.63) is 17.1 Å². The Morgan fingerprint density at radius 2 is 1.92 bits per heavy atom. The van der Waals surface area contributed by atoms with E-state index in [1.807, 2.05) is 13.8 Å². The van der Waals surface area contributed by atoms with Gasteiger partial charge in [-0.1, -0.05) is 5.73 Å². The Morgan fingerprint density at radius 3 is 2.25 bits per heavy atom. The SMILES string of the molecule is COCC(=C=C(C)C)OC(C)=O. The van der Waals surface area contributed by atoms with Crippen molar-refractivity contribution in [3.8, 4) is 0 Å². The molecule has 68 valence electrons. The first-order valence-electron chi connectivity index (χ1n) is 3.66. The van der Waals surface area contributed by atoms with Crippen LogP contribution in [0.25, 0.3) is 0 Å². The molecule has 3 heteroatoms. The summed E-state index contributed by atoms with van der Waals surface area (Å²) in [5.41, 5.74) is 3.82. The van der Waals surface area contributed by atoms with E-state index in [1.165, 1.54) is 14.0 Å². The maximum absolute atomic E-state index is 10.6. The highest BCUT2D eigenvalue weighted by Gasteiger charge is 1.99. The predicted octanol–water partition coefficient (Wildman–Crippen LogP) is 1.64. The van der Waals surface area contributed by atoms with E-state index in [0.29, 0.717) is 5.76 Å². The third-order valence-corrected chi connectivity index (χ3v) is 0.932. The minimum atomic E-state index is -0.351. The Bertz CT molecular complexity index is 218. The summed E-state index contributed by atoms with van der Waals surface area (Å²) >= 11 is 0. The minimum absolute atomic E-state index is 0.269. The molecule has 0 atom stereocenters. The highest BCUT2D eigenvalue weighted by molar-refractivity contribution is 5.67. The van der Waals surface area contributed by atoms with Crippen molar-refractivity contribution in [3.63, 3.8) is 0 Å². The highest BCUT2D eigenvalue weighted by atomic mass is 16.6. The fraction of sp³-hybridized carbons (Fsp3) is 0.556. The van der Waals surface area contributed by atoms with Crippen molar-refractivity contribution in [2.75, 3.05) is 13.7 Å². The van der Waals surface area contributed by atoms with Crippen LogP contribution in [0.5, 0.6) is 0 Å². The van der Waals surface area contributed by atoms with Crippen LogP contribution in [0, 0.1) is 0 Å². The van der Waals surface area contributed by atoms with Crippen molar-refractivity contribution in [1.82, 2.24) is 0 Å². The number of carbonyl (C=O) groups excluding carboxylic acids is 1. The zero-order valence-corrected chi connectivity index (χ0v) is 7.93. The maximum atomic E-state index is 10.6. The fourth-order valence-electron chi connectivity index (χ4n) is 0.674. The molecule has 0 saturated carbocycles. The minimum Gasteiger partial charge on any atom is -0.420 e. The third kappa shape index (κ3) is 5.71. The molecule has 0 unspecified atom stereocenters. The van der Waals surface area contributed by atoms with E-state index >= 15 is 0 Å². The second kappa shape index (κ2) is 5.58. The average molecular weight is 170 g/mol. The van der Waals surface area contributed by atoms with Crippen molar-refractivity contribution in [1.29, 1.82) is 0 Å². The van der Waals surface area contributed by atoms with Gasteiger partial charge in [0.2, 0.25) is 0 Å². The van der Waals surface area contributed by atoms with Crippen LogP contribution < -0.4 is 0 Å². The van der Waals surface area contributed by atoms with E-state index in [1.54, 1.807) is 0 Å². The Morgan fingerprint density at radius 1 is 1.33 bits per heavy atom. The summed E-state index contributed by atoms with van der Waals surface area (Å²) in [5, 5.41) is 0. The van der Waals surface area contributed by atoms with Gasteiger partial charge in [0, 0.05) is 14.0 Å². The van der Waals surface area contributed by atoms with Gasteiger partial charge in [0.1, 0.15) is 6.61 Å². The Kier molecular flexibility index (Phi) is 5.09. The molecule has 12 heavy (non-hydrogen) atoms. The van der Waals surface area contributed by atoms with E-state index in [9.17, 15) is 4.79 Å². The zero-order valence-electron chi connectivity index (χ0n) is 7.93. The average Bonchev–Trinajstić information content (AvgIpc) is 1.84. The van der Waals surface area contributed by atoms with Gasteiger partial charge >= 0.3 is 5.97 Å². The van der Waals surface area contributed by atoms with Gasteiger partial charge < -0.3 is 9.47 Å². The number of ether oxygens (including phenoxy) is 2. The molecule has 0 bridgehead atoms. The van der Waals surface area contributed by atoms with Gasteiger partial charge in [0.05, 0.1) is 0 Å². The molecular weight excluding hydrogens is 156 g/mol. The molecule has 0 N–H and O–H groups in total. The van der Waals surface area contributed by atoms with Crippen molar-refractivity contribution in [2.24, 2.45) is 0 Å². The van der Waals surface area contributed by atoms with Gasteiger partial charge in [0.15, 0.2) is 5.76 Å². The molecule has 0 aliphatic carbocycles. The molecule has 0 heterocycles. The van der Waals surface area contributed by atoms with Gasteiger partial charge in [-0.05, 0) is 19.4 Å². The molecule has 0 aromatic rings. The summed E-state index contributed by atoms with van der Waals surface area (Å²) in [6.45, 7) is 5.37. The number of carbonyl (C=O) groups is 1. The number of methoxy groups -OCH3 is 1. The summed E-state index contributed by atoms with van der Waals surface area (Å²) in [5.74, 6) is 0.0702. The van der Waals surface area contributed by atoms with Crippen LogP contribution in [-0.4, -0.2) is 19.7 Å². The molecule has 0 saturated heterocycles. The summed E-state index contributed by atoms with van der Waals surface area (Å²) in [7, 11) is 1.54. The van der Waals surface area contributed by atoms with Gasteiger partial charge in [-0.25, -0.2) is 0 Å². The lowest BCUT2D eigenvalue weighted by Gasteiger charge is -2.02. The van der Waals surface area contributed by atoms with Crippen molar-refractivity contribution in [2.45, 2.75) is 20.8 Å². The summed E-state index contributed by atoms with van der Waals surface area (Å²) in [4.78, 5) is 10.6. The molecule has 0 aliphatic heterocycles. The lowest BCUT2D eigenvalue weighted by atomic mass is 10.3. The van der Waals surface area contributed by atoms with Crippen LogP contribution in [0.1, 0.15) is 20.8 Å². The van der Waals surface area contributed by atoms with Crippen LogP contribution in [0.3, 0.4) is 0 Å². The Labute approximate surface area is 72.7 Å². The number of hydrogen-bond donors (Lipinski definition) is 0. The fourth-order valence-corrected chi connectivity index (χ4v) is 0.674. The van der Waals surface area contributed by atoms with Crippen LogP contribution in [-0.2, 0) is 14.3 Å². The second-order valence-corrected chi connectivity index (χ2v) is 2.57. The van der Waals surface area contributed by atoms with Gasteiger partial charge in [0.25, 0.3) is 0 Å². The molecular formula is C9H14O3. The standard InChI is InChI=1S/C9H14O3/c1-7(2)5-9(6-11-4)12-8(3)10/h6H2,1-4H3. The lowest BCUT2D eigenvalue weighted by molar-refractivity contribution is -0.137. The van der Waals surface area contributed by atoms with Gasteiger partial charge in [-0.3, -0.25) is 4.79 Å². The summed E-state index contributed by atoms with van der Waals surface area (Å²) in [6, 6.07) is 0. The molecule has 0 spiro atoms. The quantitative estimate of drug-likeness (QED) is 0.367. The highest BCUT2D eigenvalue weighted by Crippen LogP contribution is 1.98. The van der Waals surface area contributed by atoms with Gasteiger partial charge in [-0.15, -0.1) is 0 Å². The molecule has 3 nitrogen and oxygen atoms in total. The molecule has 0 aromatic carbocycles. The van der Waals surface area contributed by atoms with Crippen LogP contribution in [0.15, 0.2) is 17.1 Å². The van der Waals surface area contributed by atoms with E-state index < -0.39 is 0 Å².